The summed E-state index contributed by atoms with van der Waals surface area (Å²) < 4.78 is 75.8. The Hall–Kier alpha value is -6.18. The van der Waals surface area contributed by atoms with Crippen molar-refractivity contribution < 1.29 is 11.0 Å². The molecule has 0 heterocycles. The molecule has 50 heavy (non-hydrogen) atoms. The van der Waals surface area contributed by atoms with Crippen molar-refractivity contribution in [2.24, 2.45) is 0 Å². The lowest BCUT2D eigenvalue weighted by Gasteiger charge is -2.27. The van der Waals surface area contributed by atoms with Gasteiger partial charge in [0.1, 0.15) is 0 Å². The van der Waals surface area contributed by atoms with E-state index in [9.17, 15) is 11.0 Å². The third-order valence-electron chi connectivity index (χ3n) is 9.77. The Morgan fingerprint density at radius 3 is 1.76 bits per heavy atom. The lowest BCUT2D eigenvalue weighted by Crippen LogP contribution is -2.16. The van der Waals surface area contributed by atoms with E-state index in [1.165, 1.54) is 4.90 Å². The highest BCUT2D eigenvalue weighted by Crippen LogP contribution is 2.52. The zero-order valence-electron chi connectivity index (χ0n) is 35.7. The van der Waals surface area contributed by atoms with Crippen LogP contribution in [0.3, 0.4) is 0 Å². The molecule has 1 aliphatic carbocycles. The molecule has 0 radical (unpaired) electrons. The van der Waals surface area contributed by atoms with Crippen LogP contribution in [0.2, 0.25) is 0 Å². The van der Waals surface area contributed by atoms with E-state index >= 15 is 0 Å². The number of benzene rings is 8. The Balaban J connectivity index is 1.30. The first-order chi connectivity index (χ1) is 27.9. The van der Waals surface area contributed by atoms with Crippen LogP contribution in [0.5, 0.6) is 0 Å². The van der Waals surface area contributed by atoms with Crippen molar-refractivity contribution in [1.29, 1.82) is 0 Å². The van der Waals surface area contributed by atoms with Gasteiger partial charge < -0.3 is 4.90 Å². The van der Waals surface area contributed by atoms with E-state index < -0.39 is 5.41 Å². The Bertz CT molecular complexity index is 2920. The van der Waals surface area contributed by atoms with Crippen molar-refractivity contribution >= 4 is 27.8 Å². The Kier molecular flexibility index (Phi) is 5.41. The van der Waals surface area contributed by atoms with E-state index in [0.29, 0.717) is 16.8 Å². The first-order valence-corrected chi connectivity index (χ1v) is 16.8. The molecule has 0 fully saturated rings. The highest BCUT2D eigenvalue weighted by atomic mass is 15.1. The molecular weight excluding hydrogens is 603 g/mol. The minimum atomic E-state index is -0.491. The predicted molar refractivity (Wildman–Crippen MR) is 213 cm³/mol. The summed E-state index contributed by atoms with van der Waals surface area (Å²) in [5.74, 6) is 0. The predicted octanol–water partition coefficient (Wildman–Crippen LogP) is 13.6. The van der Waals surface area contributed by atoms with Crippen LogP contribution in [0.25, 0.3) is 55.3 Å². The minimum Gasteiger partial charge on any atom is -0.310 e. The van der Waals surface area contributed by atoms with Crippen LogP contribution in [0.1, 0.15) is 35.9 Å². The summed E-state index contributed by atoms with van der Waals surface area (Å²) in [5, 5.41) is 2.11. The van der Waals surface area contributed by atoms with Crippen molar-refractivity contribution in [3.63, 3.8) is 0 Å². The van der Waals surface area contributed by atoms with Gasteiger partial charge in [0.2, 0.25) is 0 Å². The van der Waals surface area contributed by atoms with E-state index in [-0.39, 0.29) is 70.8 Å². The normalized spacial score (nSPS) is 15.0. The summed E-state index contributed by atoms with van der Waals surface area (Å²) >= 11 is 0. The average molecular weight is 648 g/mol. The van der Waals surface area contributed by atoms with Gasteiger partial charge in [0, 0.05) is 22.5 Å². The second-order valence-corrected chi connectivity index (χ2v) is 13.2. The van der Waals surface area contributed by atoms with Crippen LogP contribution in [0.4, 0.5) is 17.1 Å². The van der Waals surface area contributed by atoms with Crippen molar-refractivity contribution in [2.75, 3.05) is 4.90 Å². The molecule has 8 aromatic rings. The van der Waals surface area contributed by atoms with E-state index in [2.05, 4.69) is 32.0 Å². The third-order valence-corrected chi connectivity index (χ3v) is 9.77. The summed E-state index contributed by atoms with van der Waals surface area (Å²) in [6.45, 7) is 4.22. The molecular formula is C49H37N. The van der Waals surface area contributed by atoms with Gasteiger partial charge in [-0.05, 0) is 109 Å². The fourth-order valence-electron chi connectivity index (χ4n) is 7.34. The van der Waals surface area contributed by atoms with Gasteiger partial charge in [0.05, 0.1) is 11.0 Å². The first-order valence-electron chi connectivity index (χ1n) is 20.8. The molecule has 0 saturated carbocycles. The van der Waals surface area contributed by atoms with Gasteiger partial charge in [0.25, 0.3) is 0 Å². The summed E-state index contributed by atoms with van der Waals surface area (Å²) in [6.07, 6.45) is 0. The van der Waals surface area contributed by atoms with E-state index in [0.717, 1.165) is 44.2 Å². The lowest BCUT2D eigenvalue weighted by atomic mass is 9.79. The molecule has 1 nitrogen and oxygen atoms in total. The minimum absolute atomic E-state index is 0.126. The fraction of sp³-hybridized carbons (Fsp3) is 0.0612. The van der Waals surface area contributed by atoms with Crippen LogP contribution in [0.15, 0.2) is 188 Å². The van der Waals surface area contributed by atoms with Crippen molar-refractivity contribution in [1.82, 2.24) is 0 Å². The van der Waals surface area contributed by atoms with Gasteiger partial charge in [-0.2, -0.15) is 0 Å². The molecule has 1 aliphatic rings. The number of rotatable bonds is 6. The van der Waals surface area contributed by atoms with E-state index in [4.69, 9.17) is 0 Å². The molecule has 9 rings (SSSR count). The van der Waals surface area contributed by atoms with E-state index in [1.54, 1.807) is 36.4 Å². The van der Waals surface area contributed by atoms with Crippen LogP contribution >= 0.6 is 0 Å². The second kappa shape index (κ2) is 12.1. The SMILES string of the molecule is [2H]c1c([2H])c(N(c2cccc(-c3ccc4ccccc4c3)c2)c2c([2H])c([2H])c(-c3cccc4c3C(C)(C)c3ccccc3-4)c([2H])c2[2H])c([2H])c([2H])c1-c1ccccc1. The third kappa shape index (κ3) is 5.11. The average Bonchev–Trinajstić information content (AvgIpc) is 3.48. The highest BCUT2D eigenvalue weighted by Gasteiger charge is 2.37. The van der Waals surface area contributed by atoms with Crippen LogP contribution in [-0.4, -0.2) is 0 Å². The maximum absolute atomic E-state index is 9.66. The molecule has 0 N–H and O–H groups in total. The van der Waals surface area contributed by atoms with Crippen molar-refractivity contribution in [3.8, 4) is 44.5 Å². The number of hydrogen-bond acceptors (Lipinski definition) is 1. The maximum atomic E-state index is 9.66. The molecule has 0 saturated heterocycles. The highest BCUT2D eigenvalue weighted by molar-refractivity contribution is 5.90. The lowest BCUT2D eigenvalue weighted by molar-refractivity contribution is 0.662. The summed E-state index contributed by atoms with van der Waals surface area (Å²) in [5.41, 5.74) is 6.63. The van der Waals surface area contributed by atoms with Gasteiger partial charge in [-0.25, -0.2) is 0 Å². The first kappa shape index (κ1) is 22.5. The van der Waals surface area contributed by atoms with Crippen molar-refractivity contribution in [2.45, 2.75) is 19.3 Å². The molecule has 0 aromatic heterocycles. The van der Waals surface area contributed by atoms with Gasteiger partial charge in [-0.3, -0.25) is 0 Å². The topological polar surface area (TPSA) is 3.24 Å². The Morgan fingerprint density at radius 1 is 0.400 bits per heavy atom. The standard InChI is InChI=1S/C49H37N/c1-49(2)47-21-9-8-18-45(47)46-20-11-19-44(48(46)49)37-26-30-42(31-27-37)50(41-28-24-36(25-29-41)34-12-4-3-5-13-34)43-17-10-16-39(33-43)40-23-22-35-14-6-7-15-38(35)32-40/h3-33H,1-2H3/i24D,25D,26D,27D,28D,29D,30D,31D. The van der Waals surface area contributed by atoms with E-state index in [1.807, 2.05) is 84.9 Å². The van der Waals surface area contributed by atoms with Crippen LogP contribution in [-0.2, 0) is 5.41 Å². The fourth-order valence-corrected chi connectivity index (χ4v) is 7.34. The molecule has 0 aliphatic heterocycles. The van der Waals surface area contributed by atoms with Crippen molar-refractivity contribution in [3.05, 3.63) is 199 Å². The largest absolute Gasteiger partial charge is 0.310 e. The monoisotopic (exact) mass is 647 g/mol. The number of fused-ring (bicyclic) bond motifs is 4. The smallest absolute Gasteiger partial charge is 0.0645 e. The number of nitrogens with zero attached hydrogens (tertiary/aromatic N) is 1. The number of hydrogen-bond donors (Lipinski definition) is 0. The van der Waals surface area contributed by atoms with Gasteiger partial charge in [-0.1, -0.05) is 159 Å². The quantitative estimate of drug-likeness (QED) is 0.174. The molecule has 0 amide bonds. The molecule has 0 bridgehead atoms. The van der Waals surface area contributed by atoms with Crippen LogP contribution in [0, 0.1) is 0 Å². The second-order valence-electron chi connectivity index (χ2n) is 13.2. The Morgan fingerprint density at radius 2 is 0.980 bits per heavy atom. The molecule has 0 atom stereocenters. The molecule has 0 unspecified atom stereocenters. The molecule has 238 valence electrons. The molecule has 1 heteroatoms. The van der Waals surface area contributed by atoms with Crippen LogP contribution < -0.4 is 4.90 Å². The van der Waals surface area contributed by atoms with Gasteiger partial charge in [0.15, 0.2) is 0 Å². The molecule has 0 spiro atoms. The molecule has 8 aromatic carbocycles. The summed E-state index contributed by atoms with van der Waals surface area (Å²) in [4.78, 5) is 1.37. The Labute approximate surface area is 306 Å². The maximum Gasteiger partial charge on any atom is 0.0645 e. The summed E-state index contributed by atoms with van der Waals surface area (Å²) in [7, 11) is 0. The zero-order valence-corrected chi connectivity index (χ0v) is 27.7. The number of anilines is 3. The summed E-state index contributed by atoms with van der Waals surface area (Å²) in [6, 6.07) is 41.5. The zero-order chi connectivity index (χ0) is 40.6. The van der Waals surface area contributed by atoms with Gasteiger partial charge in [-0.15, -0.1) is 0 Å². The van der Waals surface area contributed by atoms with Gasteiger partial charge >= 0.3 is 0 Å².